The van der Waals surface area contributed by atoms with Crippen molar-refractivity contribution in [3.05, 3.63) is 98.6 Å². The predicted molar refractivity (Wildman–Crippen MR) is 135 cm³/mol. The van der Waals surface area contributed by atoms with Gasteiger partial charge in [-0.2, -0.15) is 0 Å². The zero-order chi connectivity index (χ0) is 23.5. The molecule has 1 aliphatic heterocycles. The van der Waals surface area contributed by atoms with Gasteiger partial charge in [0.15, 0.2) is 0 Å². The van der Waals surface area contributed by atoms with Gasteiger partial charge < -0.3 is 4.90 Å². The third-order valence-electron chi connectivity index (χ3n) is 6.21. The molecule has 0 fully saturated rings. The minimum atomic E-state index is -0.0378. The van der Waals surface area contributed by atoms with E-state index in [-0.39, 0.29) is 5.56 Å². The second-order valence-corrected chi connectivity index (χ2v) is 8.85. The summed E-state index contributed by atoms with van der Waals surface area (Å²) in [6, 6.07) is 12.5. The summed E-state index contributed by atoms with van der Waals surface area (Å²) in [6.45, 7) is 9.96. The SMILES string of the molecule is CC/C=C(/C(C)=C\c1nc(C)cc(=O)n1C)N1CCc2ncc(-c3ccc(C)cc3)cc2C1. The number of pyridine rings is 1. The molecule has 0 amide bonds. The van der Waals surface area contributed by atoms with Crippen LogP contribution in [0.15, 0.2) is 64.7 Å². The van der Waals surface area contributed by atoms with Crippen molar-refractivity contribution in [1.82, 2.24) is 19.4 Å². The summed E-state index contributed by atoms with van der Waals surface area (Å²) in [5.74, 6) is 0.681. The molecule has 0 saturated heterocycles. The van der Waals surface area contributed by atoms with E-state index in [1.807, 2.05) is 19.2 Å². The van der Waals surface area contributed by atoms with Crippen LogP contribution >= 0.6 is 0 Å². The van der Waals surface area contributed by atoms with E-state index in [9.17, 15) is 4.79 Å². The number of allylic oxidation sites excluding steroid dienone is 2. The van der Waals surface area contributed by atoms with Crippen LogP contribution in [0.2, 0.25) is 0 Å². The fraction of sp³-hybridized carbons (Fsp3) is 0.321. The number of benzene rings is 1. The molecule has 4 rings (SSSR count). The average Bonchev–Trinajstić information content (AvgIpc) is 2.80. The molecule has 0 spiro atoms. The largest absolute Gasteiger partial charge is 0.367 e. The summed E-state index contributed by atoms with van der Waals surface area (Å²) in [5.41, 5.74) is 9.06. The summed E-state index contributed by atoms with van der Waals surface area (Å²) < 4.78 is 1.60. The maximum absolute atomic E-state index is 12.2. The first-order valence-corrected chi connectivity index (χ1v) is 11.6. The monoisotopic (exact) mass is 440 g/mol. The van der Waals surface area contributed by atoms with Crippen LogP contribution in [0.1, 0.15) is 48.6 Å². The lowest BCUT2D eigenvalue weighted by atomic mass is 9.98. The molecule has 0 N–H and O–H groups in total. The number of fused-ring (bicyclic) bond motifs is 1. The molecule has 0 bridgehead atoms. The van der Waals surface area contributed by atoms with Crippen LogP contribution in [0.5, 0.6) is 0 Å². The molecule has 1 aliphatic rings. The van der Waals surface area contributed by atoms with Gasteiger partial charge in [-0.15, -0.1) is 0 Å². The molecule has 5 nitrogen and oxygen atoms in total. The Balaban J connectivity index is 1.65. The number of hydrogen-bond donors (Lipinski definition) is 0. The Morgan fingerprint density at radius 1 is 1.12 bits per heavy atom. The van der Waals surface area contributed by atoms with E-state index < -0.39 is 0 Å². The third kappa shape index (κ3) is 4.98. The Kier molecular flexibility index (Phi) is 6.59. The van der Waals surface area contributed by atoms with Gasteiger partial charge in [-0.25, -0.2) is 4.98 Å². The summed E-state index contributed by atoms with van der Waals surface area (Å²) in [7, 11) is 1.77. The first-order chi connectivity index (χ1) is 15.9. The van der Waals surface area contributed by atoms with Crippen molar-refractivity contribution in [2.75, 3.05) is 6.54 Å². The van der Waals surface area contributed by atoms with Gasteiger partial charge >= 0.3 is 0 Å². The highest BCUT2D eigenvalue weighted by Crippen LogP contribution is 2.29. The molecule has 0 unspecified atom stereocenters. The van der Waals surface area contributed by atoms with Gasteiger partial charge in [0, 0.05) is 61.5 Å². The zero-order valence-corrected chi connectivity index (χ0v) is 20.2. The minimum Gasteiger partial charge on any atom is -0.367 e. The van der Waals surface area contributed by atoms with Gasteiger partial charge in [-0.3, -0.25) is 14.3 Å². The summed E-state index contributed by atoms with van der Waals surface area (Å²) in [4.78, 5) is 24.0. The van der Waals surface area contributed by atoms with Crippen molar-refractivity contribution in [1.29, 1.82) is 0 Å². The van der Waals surface area contributed by atoms with Crippen LogP contribution in [0.25, 0.3) is 17.2 Å². The van der Waals surface area contributed by atoms with Gasteiger partial charge in [0.2, 0.25) is 0 Å². The van der Waals surface area contributed by atoms with E-state index in [1.54, 1.807) is 17.7 Å². The van der Waals surface area contributed by atoms with Crippen molar-refractivity contribution in [2.24, 2.45) is 7.05 Å². The maximum Gasteiger partial charge on any atom is 0.253 e. The lowest BCUT2D eigenvalue weighted by Crippen LogP contribution is -2.31. The van der Waals surface area contributed by atoms with Crippen molar-refractivity contribution in [2.45, 2.75) is 47.1 Å². The second kappa shape index (κ2) is 9.57. The van der Waals surface area contributed by atoms with Gasteiger partial charge in [0.05, 0.1) is 0 Å². The summed E-state index contributed by atoms with van der Waals surface area (Å²) in [6.07, 6.45) is 8.14. The van der Waals surface area contributed by atoms with E-state index in [4.69, 9.17) is 4.98 Å². The molecule has 3 aromatic rings. The fourth-order valence-corrected chi connectivity index (χ4v) is 4.34. The van der Waals surface area contributed by atoms with Crippen molar-refractivity contribution >= 4 is 6.08 Å². The Morgan fingerprint density at radius 2 is 1.88 bits per heavy atom. The van der Waals surface area contributed by atoms with Crippen LogP contribution < -0.4 is 5.56 Å². The van der Waals surface area contributed by atoms with Crippen LogP contribution in [0, 0.1) is 13.8 Å². The van der Waals surface area contributed by atoms with Gasteiger partial charge in [-0.1, -0.05) is 42.8 Å². The Labute approximate surface area is 196 Å². The zero-order valence-electron chi connectivity index (χ0n) is 20.2. The second-order valence-electron chi connectivity index (χ2n) is 8.85. The van der Waals surface area contributed by atoms with Crippen LogP contribution in [-0.2, 0) is 20.0 Å². The van der Waals surface area contributed by atoms with Crippen LogP contribution in [-0.4, -0.2) is 26.0 Å². The van der Waals surface area contributed by atoms with Crippen LogP contribution in [0.3, 0.4) is 0 Å². The van der Waals surface area contributed by atoms with E-state index in [0.717, 1.165) is 42.8 Å². The molecule has 3 heterocycles. The number of rotatable bonds is 5. The molecule has 5 heteroatoms. The average molecular weight is 441 g/mol. The highest BCUT2D eigenvalue weighted by molar-refractivity contribution is 5.64. The van der Waals surface area contributed by atoms with Gasteiger partial charge in [0.1, 0.15) is 5.82 Å². The number of aromatic nitrogens is 3. The normalized spacial score (nSPS) is 14.4. The molecule has 1 aromatic carbocycles. The fourth-order valence-electron chi connectivity index (χ4n) is 4.34. The minimum absolute atomic E-state index is 0.0378. The molecular formula is C28H32N4O. The molecule has 0 radical (unpaired) electrons. The van der Waals surface area contributed by atoms with E-state index in [2.05, 4.69) is 67.1 Å². The lowest BCUT2D eigenvalue weighted by Gasteiger charge is -2.33. The molecule has 0 aliphatic carbocycles. The van der Waals surface area contributed by atoms with Crippen LogP contribution in [0.4, 0.5) is 0 Å². The smallest absolute Gasteiger partial charge is 0.253 e. The molecular weight excluding hydrogens is 408 g/mol. The summed E-state index contributed by atoms with van der Waals surface area (Å²) >= 11 is 0. The quantitative estimate of drug-likeness (QED) is 0.511. The molecule has 33 heavy (non-hydrogen) atoms. The molecule has 0 saturated carbocycles. The lowest BCUT2D eigenvalue weighted by molar-refractivity contribution is 0.324. The number of hydrogen-bond acceptors (Lipinski definition) is 4. The molecule has 170 valence electrons. The predicted octanol–water partition coefficient (Wildman–Crippen LogP) is 5.21. The van der Waals surface area contributed by atoms with E-state index >= 15 is 0 Å². The van der Waals surface area contributed by atoms with Gasteiger partial charge in [-0.05, 0) is 56.0 Å². The maximum atomic E-state index is 12.2. The first kappa shape index (κ1) is 22.7. The number of nitrogens with zero attached hydrogens (tertiary/aromatic N) is 4. The molecule has 0 atom stereocenters. The highest BCUT2D eigenvalue weighted by atomic mass is 16.1. The van der Waals surface area contributed by atoms with Crippen molar-refractivity contribution in [3.8, 4) is 11.1 Å². The van der Waals surface area contributed by atoms with Crippen molar-refractivity contribution < 1.29 is 0 Å². The topological polar surface area (TPSA) is 51.0 Å². The Morgan fingerprint density at radius 3 is 2.61 bits per heavy atom. The molecule has 2 aromatic heterocycles. The first-order valence-electron chi connectivity index (χ1n) is 11.6. The van der Waals surface area contributed by atoms with Gasteiger partial charge in [0.25, 0.3) is 5.56 Å². The summed E-state index contributed by atoms with van der Waals surface area (Å²) in [5, 5.41) is 0. The third-order valence-corrected chi connectivity index (χ3v) is 6.21. The van der Waals surface area contributed by atoms with Crippen molar-refractivity contribution in [3.63, 3.8) is 0 Å². The van der Waals surface area contributed by atoms with E-state index in [1.165, 1.54) is 28.1 Å². The Bertz CT molecular complexity index is 1280. The number of aryl methyl sites for hydroxylation is 2. The standard InChI is InChI=1S/C28H32N4O/c1-6-7-26(20(3)14-27-30-21(4)15-28(33)31(27)5)32-13-12-25-24(18-32)16-23(17-29-25)22-10-8-19(2)9-11-22/h7-11,14-17H,6,12-13,18H2,1-5H3/b20-14-,26-7-. The highest BCUT2D eigenvalue weighted by Gasteiger charge is 2.21. The van der Waals surface area contributed by atoms with E-state index in [0.29, 0.717) is 5.82 Å². The Hall–Kier alpha value is -3.47.